The lowest BCUT2D eigenvalue weighted by Gasteiger charge is -2.08. The Hall–Kier alpha value is -1.10. The van der Waals surface area contributed by atoms with E-state index in [-0.39, 0.29) is 0 Å². The summed E-state index contributed by atoms with van der Waals surface area (Å²) in [6, 6.07) is 6.16. The Morgan fingerprint density at radius 2 is 1.89 bits per heavy atom. The summed E-state index contributed by atoms with van der Waals surface area (Å²) in [6.07, 6.45) is 3.05. The molecule has 2 N–H and O–H groups in total. The fourth-order valence-corrected chi connectivity index (χ4v) is 2.53. The summed E-state index contributed by atoms with van der Waals surface area (Å²) in [4.78, 5) is 0. The van der Waals surface area contributed by atoms with Gasteiger partial charge in [-0.15, -0.1) is 10.2 Å². The molecular weight excluding hydrogens is 283 g/mol. The number of benzene rings is 1. The van der Waals surface area contributed by atoms with E-state index in [1.54, 1.807) is 6.07 Å². The number of aromatic nitrogens is 3. The second-order valence-corrected chi connectivity index (χ2v) is 5.58. The molecule has 6 heteroatoms. The molecule has 1 saturated carbocycles. The smallest absolute Gasteiger partial charge is 0.147 e. The van der Waals surface area contributed by atoms with E-state index in [1.807, 2.05) is 12.1 Å². The van der Waals surface area contributed by atoms with Crippen molar-refractivity contribution >= 4 is 23.2 Å². The van der Waals surface area contributed by atoms with Crippen LogP contribution in [0.3, 0.4) is 0 Å². The zero-order chi connectivity index (χ0) is 13.4. The minimum Gasteiger partial charge on any atom is -0.324 e. The minimum atomic E-state index is 0.422. The van der Waals surface area contributed by atoms with Crippen LogP contribution in [0.25, 0.3) is 0 Å². The van der Waals surface area contributed by atoms with Crippen molar-refractivity contribution in [1.82, 2.24) is 14.8 Å². The quantitative estimate of drug-likeness (QED) is 0.944. The fraction of sp³-hybridized carbons (Fsp3) is 0.385. The average Bonchev–Trinajstić information content (AvgIpc) is 3.16. The van der Waals surface area contributed by atoms with Gasteiger partial charge in [-0.05, 0) is 30.5 Å². The molecule has 0 bridgehead atoms. The van der Waals surface area contributed by atoms with Gasteiger partial charge in [-0.1, -0.05) is 29.3 Å². The molecule has 2 aromatic rings. The van der Waals surface area contributed by atoms with Crippen LogP contribution >= 0.6 is 23.2 Å². The highest BCUT2D eigenvalue weighted by Gasteiger charge is 2.28. The first-order valence-corrected chi connectivity index (χ1v) is 7.01. The number of nitrogens with zero attached hydrogens (tertiary/aromatic N) is 3. The molecule has 3 rings (SSSR count). The van der Waals surface area contributed by atoms with Crippen molar-refractivity contribution in [3.8, 4) is 0 Å². The molecule has 0 saturated heterocycles. The van der Waals surface area contributed by atoms with Gasteiger partial charge in [0, 0.05) is 12.5 Å². The summed E-state index contributed by atoms with van der Waals surface area (Å²) < 4.78 is 2.17. The largest absolute Gasteiger partial charge is 0.324 e. The van der Waals surface area contributed by atoms with Gasteiger partial charge in [-0.3, -0.25) is 0 Å². The Bertz CT molecular complexity index is 605. The van der Waals surface area contributed by atoms with Crippen LogP contribution in [0.4, 0.5) is 0 Å². The van der Waals surface area contributed by atoms with Crippen molar-refractivity contribution in [3.63, 3.8) is 0 Å². The van der Waals surface area contributed by atoms with Crippen LogP contribution in [-0.4, -0.2) is 14.8 Å². The maximum absolute atomic E-state index is 6.03. The van der Waals surface area contributed by atoms with Crippen LogP contribution in [0.15, 0.2) is 18.2 Å². The molecule has 1 heterocycles. The van der Waals surface area contributed by atoms with Gasteiger partial charge in [0.15, 0.2) is 0 Å². The van der Waals surface area contributed by atoms with Gasteiger partial charge >= 0.3 is 0 Å². The van der Waals surface area contributed by atoms with Crippen LogP contribution < -0.4 is 5.73 Å². The molecule has 1 fully saturated rings. The average molecular weight is 297 g/mol. The van der Waals surface area contributed by atoms with Gasteiger partial charge in [-0.25, -0.2) is 0 Å². The molecule has 0 aliphatic heterocycles. The summed E-state index contributed by atoms with van der Waals surface area (Å²) in [5, 5.41) is 9.55. The highest BCUT2D eigenvalue weighted by molar-refractivity contribution is 6.42. The van der Waals surface area contributed by atoms with Crippen molar-refractivity contribution in [2.24, 2.45) is 5.73 Å². The predicted molar refractivity (Wildman–Crippen MR) is 75.5 cm³/mol. The zero-order valence-electron chi connectivity index (χ0n) is 10.3. The number of nitrogens with two attached hydrogens (primary N) is 1. The highest BCUT2D eigenvalue weighted by atomic mass is 35.5. The topological polar surface area (TPSA) is 56.7 Å². The molecule has 0 atom stereocenters. The van der Waals surface area contributed by atoms with Crippen LogP contribution in [0.5, 0.6) is 0 Å². The second kappa shape index (κ2) is 5.12. The second-order valence-electron chi connectivity index (χ2n) is 4.76. The van der Waals surface area contributed by atoms with Gasteiger partial charge in [0.05, 0.1) is 16.6 Å². The first kappa shape index (κ1) is 12.9. The van der Waals surface area contributed by atoms with Crippen molar-refractivity contribution in [3.05, 3.63) is 45.5 Å². The SMILES string of the molecule is NCc1nnc(Cc2ccc(Cl)c(Cl)c2)n1C1CC1. The van der Waals surface area contributed by atoms with Gasteiger partial charge in [0.2, 0.25) is 0 Å². The molecule has 0 amide bonds. The molecule has 4 nitrogen and oxygen atoms in total. The van der Waals surface area contributed by atoms with Crippen LogP contribution in [0, 0.1) is 0 Å². The monoisotopic (exact) mass is 296 g/mol. The summed E-state index contributed by atoms with van der Waals surface area (Å²) in [7, 11) is 0. The van der Waals surface area contributed by atoms with Crippen molar-refractivity contribution in [2.75, 3.05) is 0 Å². The Balaban J connectivity index is 1.90. The lowest BCUT2D eigenvalue weighted by molar-refractivity contribution is 0.652. The zero-order valence-corrected chi connectivity index (χ0v) is 11.8. The summed E-state index contributed by atoms with van der Waals surface area (Å²) in [5.74, 6) is 1.80. The van der Waals surface area contributed by atoms with Crippen LogP contribution in [-0.2, 0) is 13.0 Å². The van der Waals surface area contributed by atoms with E-state index in [4.69, 9.17) is 28.9 Å². The molecule has 1 aromatic heterocycles. The van der Waals surface area contributed by atoms with Gasteiger partial charge in [0.1, 0.15) is 11.6 Å². The Morgan fingerprint density at radius 1 is 1.16 bits per heavy atom. The lowest BCUT2D eigenvalue weighted by Crippen LogP contribution is -2.10. The fourth-order valence-electron chi connectivity index (χ4n) is 2.21. The van der Waals surface area contributed by atoms with E-state index < -0.39 is 0 Å². The number of halogens is 2. The Labute approximate surface area is 121 Å². The first-order valence-electron chi connectivity index (χ1n) is 6.25. The van der Waals surface area contributed by atoms with Crippen LogP contribution in [0.1, 0.15) is 36.1 Å². The molecular formula is C13H14Cl2N4. The molecule has 1 aliphatic rings. The molecule has 0 unspecified atom stereocenters. The maximum Gasteiger partial charge on any atom is 0.147 e. The maximum atomic E-state index is 6.03. The summed E-state index contributed by atoms with van der Waals surface area (Å²) >= 11 is 12.0. The Morgan fingerprint density at radius 3 is 2.53 bits per heavy atom. The molecule has 1 aromatic carbocycles. The highest BCUT2D eigenvalue weighted by Crippen LogP contribution is 2.37. The van der Waals surface area contributed by atoms with Crippen molar-refractivity contribution in [1.29, 1.82) is 0 Å². The summed E-state index contributed by atoms with van der Waals surface area (Å²) in [6.45, 7) is 0.422. The lowest BCUT2D eigenvalue weighted by atomic mass is 10.1. The van der Waals surface area contributed by atoms with Crippen molar-refractivity contribution in [2.45, 2.75) is 31.8 Å². The number of hydrogen-bond donors (Lipinski definition) is 1. The number of hydrogen-bond acceptors (Lipinski definition) is 3. The van der Waals surface area contributed by atoms with E-state index in [0.29, 0.717) is 29.1 Å². The third-order valence-electron chi connectivity index (χ3n) is 3.28. The third kappa shape index (κ3) is 2.61. The van der Waals surface area contributed by atoms with Gasteiger partial charge in [-0.2, -0.15) is 0 Å². The van der Waals surface area contributed by atoms with Gasteiger partial charge < -0.3 is 10.3 Å². The van der Waals surface area contributed by atoms with E-state index in [2.05, 4.69) is 14.8 Å². The van der Waals surface area contributed by atoms with E-state index in [1.165, 1.54) is 12.8 Å². The normalized spacial score (nSPS) is 14.9. The van der Waals surface area contributed by atoms with Crippen molar-refractivity contribution < 1.29 is 0 Å². The van der Waals surface area contributed by atoms with E-state index in [9.17, 15) is 0 Å². The number of rotatable bonds is 4. The van der Waals surface area contributed by atoms with E-state index in [0.717, 1.165) is 17.2 Å². The predicted octanol–water partition coefficient (Wildman–Crippen LogP) is 2.97. The standard InChI is InChI=1S/C13H14Cl2N4/c14-10-4-1-8(5-11(10)15)6-12-17-18-13(7-16)19(12)9-2-3-9/h1,4-5,9H,2-3,6-7,16H2. The first-order chi connectivity index (χ1) is 9.19. The summed E-state index contributed by atoms with van der Waals surface area (Å²) in [5.41, 5.74) is 6.78. The molecule has 1 aliphatic carbocycles. The molecule has 19 heavy (non-hydrogen) atoms. The molecule has 0 spiro atoms. The minimum absolute atomic E-state index is 0.422. The Kier molecular flexibility index (Phi) is 3.48. The molecule has 0 radical (unpaired) electrons. The van der Waals surface area contributed by atoms with Crippen LogP contribution in [0.2, 0.25) is 10.0 Å². The third-order valence-corrected chi connectivity index (χ3v) is 4.02. The molecule has 100 valence electrons. The van der Waals surface area contributed by atoms with Gasteiger partial charge in [0.25, 0.3) is 0 Å². The van der Waals surface area contributed by atoms with E-state index >= 15 is 0 Å².